The van der Waals surface area contributed by atoms with Gasteiger partial charge in [-0.3, -0.25) is 0 Å². The van der Waals surface area contributed by atoms with Crippen molar-refractivity contribution >= 4 is 12.4 Å². The van der Waals surface area contributed by atoms with Gasteiger partial charge in [-0.15, -0.1) is 12.4 Å². The first-order valence-electron chi connectivity index (χ1n) is 5.82. The lowest BCUT2D eigenvalue weighted by Crippen LogP contribution is -2.21. The molecule has 0 amide bonds. The molecular formula is C12H11ClF9N. The van der Waals surface area contributed by atoms with E-state index in [9.17, 15) is 39.5 Å². The van der Waals surface area contributed by atoms with E-state index in [2.05, 4.69) is 0 Å². The van der Waals surface area contributed by atoms with Gasteiger partial charge in [-0.1, -0.05) is 0 Å². The molecule has 11 heteroatoms. The van der Waals surface area contributed by atoms with Crippen LogP contribution in [0.3, 0.4) is 0 Å². The zero-order chi connectivity index (χ0) is 17.3. The Kier molecular flexibility index (Phi) is 6.80. The largest absolute Gasteiger partial charge is 0.416 e. The van der Waals surface area contributed by atoms with E-state index in [0.717, 1.165) is 0 Å². The normalized spacial score (nSPS) is 14.3. The monoisotopic (exact) mass is 375 g/mol. The van der Waals surface area contributed by atoms with E-state index in [0.29, 0.717) is 0 Å². The Labute approximate surface area is 131 Å². The number of hydrogen-bond donors (Lipinski definition) is 1. The number of halogens is 10. The highest BCUT2D eigenvalue weighted by atomic mass is 35.5. The van der Waals surface area contributed by atoms with Crippen LogP contribution in [0, 0.1) is 0 Å². The molecule has 0 aliphatic carbocycles. The second-order valence-electron chi connectivity index (χ2n) is 4.56. The molecule has 0 spiro atoms. The molecule has 134 valence electrons. The van der Waals surface area contributed by atoms with E-state index in [-0.39, 0.29) is 30.6 Å². The van der Waals surface area contributed by atoms with Gasteiger partial charge in [-0.25, -0.2) is 0 Å². The zero-order valence-electron chi connectivity index (χ0n) is 11.1. The van der Waals surface area contributed by atoms with Crippen molar-refractivity contribution in [3.63, 3.8) is 0 Å². The predicted molar refractivity (Wildman–Crippen MR) is 65.9 cm³/mol. The third-order valence-electron chi connectivity index (χ3n) is 2.82. The Hall–Kier alpha value is -1.16. The average Bonchev–Trinajstić information content (AvgIpc) is 2.32. The van der Waals surface area contributed by atoms with Crippen molar-refractivity contribution in [1.29, 1.82) is 0 Å². The molecule has 0 saturated carbocycles. The van der Waals surface area contributed by atoms with Crippen LogP contribution in [0.4, 0.5) is 39.5 Å². The van der Waals surface area contributed by atoms with Crippen molar-refractivity contribution in [3.05, 3.63) is 34.9 Å². The fourth-order valence-corrected chi connectivity index (χ4v) is 1.78. The molecule has 1 rings (SSSR count). The lowest BCUT2D eigenvalue weighted by molar-refractivity contribution is -0.142. The smallest absolute Gasteiger partial charge is 0.324 e. The quantitative estimate of drug-likeness (QED) is 0.695. The van der Waals surface area contributed by atoms with E-state index in [1.807, 2.05) is 0 Å². The summed E-state index contributed by atoms with van der Waals surface area (Å²) in [7, 11) is 0. The van der Waals surface area contributed by atoms with Crippen LogP contribution in [0.15, 0.2) is 18.2 Å². The summed E-state index contributed by atoms with van der Waals surface area (Å²) in [5.41, 5.74) is 1.36. The molecule has 0 heterocycles. The van der Waals surface area contributed by atoms with Crippen molar-refractivity contribution in [2.24, 2.45) is 5.73 Å². The molecule has 0 unspecified atom stereocenters. The summed E-state index contributed by atoms with van der Waals surface area (Å²) in [4.78, 5) is 0. The summed E-state index contributed by atoms with van der Waals surface area (Å²) < 4.78 is 112. The molecule has 0 aliphatic heterocycles. The first kappa shape index (κ1) is 21.8. The summed E-state index contributed by atoms with van der Waals surface area (Å²) in [6.07, 6.45) is -17.1. The SMILES string of the molecule is Cl.N[C@H](CCC(F)(F)F)c1cc(C(F)(F)F)ccc1C(F)(F)F. The van der Waals surface area contributed by atoms with Crippen LogP contribution in [-0.2, 0) is 12.4 Å². The first-order valence-corrected chi connectivity index (χ1v) is 5.82. The van der Waals surface area contributed by atoms with Crippen LogP contribution in [0.1, 0.15) is 35.6 Å². The van der Waals surface area contributed by atoms with Crippen LogP contribution >= 0.6 is 12.4 Å². The van der Waals surface area contributed by atoms with Gasteiger partial charge in [0.15, 0.2) is 0 Å². The molecule has 0 saturated heterocycles. The Balaban J connectivity index is 0.00000484. The maximum absolute atomic E-state index is 12.8. The predicted octanol–water partition coefficient (Wildman–Crippen LogP) is 5.49. The lowest BCUT2D eigenvalue weighted by atomic mass is 9.94. The van der Waals surface area contributed by atoms with Crippen LogP contribution in [0.2, 0.25) is 0 Å². The van der Waals surface area contributed by atoms with E-state index < -0.39 is 54.1 Å². The van der Waals surface area contributed by atoms with Gasteiger partial charge in [0.05, 0.1) is 11.1 Å². The van der Waals surface area contributed by atoms with Gasteiger partial charge < -0.3 is 5.73 Å². The van der Waals surface area contributed by atoms with Crippen molar-refractivity contribution in [1.82, 2.24) is 0 Å². The Morgan fingerprint density at radius 3 is 1.78 bits per heavy atom. The van der Waals surface area contributed by atoms with Crippen molar-refractivity contribution in [3.8, 4) is 0 Å². The number of rotatable bonds is 3. The van der Waals surface area contributed by atoms with Gasteiger partial charge in [0, 0.05) is 12.5 Å². The third kappa shape index (κ3) is 6.46. The summed E-state index contributed by atoms with van der Waals surface area (Å²) in [5, 5.41) is 0. The molecular weight excluding hydrogens is 365 g/mol. The van der Waals surface area contributed by atoms with E-state index in [1.54, 1.807) is 0 Å². The summed E-state index contributed by atoms with van der Waals surface area (Å²) in [6.45, 7) is 0. The average molecular weight is 376 g/mol. The minimum absolute atomic E-state index is 0. The molecule has 0 fully saturated rings. The minimum atomic E-state index is -5.02. The highest BCUT2D eigenvalue weighted by Gasteiger charge is 2.38. The second-order valence-corrected chi connectivity index (χ2v) is 4.56. The van der Waals surface area contributed by atoms with Gasteiger partial charge in [-0.05, 0) is 30.2 Å². The van der Waals surface area contributed by atoms with Gasteiger partial charge >= 0.3 is 18.5 Å². The highest BCUT2D eigenvalue weighted by Crippen LogP contribution is 2.39. The van der Waals surface area contributed by atoms with E-state index in [1.165, 1.54) is 0 Å². The van der Waals surface area contributed by atoms with Crippen molar-refractivity contribution in [2.45, 2.75) is 37.4 Å². The summed E-state index contributed by atoms with van der Waals surface area (Å²) in [5.74, 6) is 0. The fraction of sp³-hybridized carbons (Fsp3) is 0.500. The van der Waals surface area contributed by atoms with E-state index in [4.69, 9.17) is 5.73 Å². The van der Waals surface area contributed by atoms with Crippen LogP contribution < -0.4 is 5.73 Å². The first-order chi connectivity index (χ1) is 9.72. The topological polar surface area (TPSA) is 26.0 Å². The molecule has 0 radical (unpaired) electrons. The fourth-order valence-electron chi connectivity index (χ4n) is 1.78. The van der Waals surface area contributed by atoms with Gasteiger partial charge in [-0.2, -0.15) is 39.5 Å². The molecule has 23 heavy (non-hydrogen) atoms. The molecule has 1 atom stereocenters. The molecule has 0 aromatic heterocycles. The van der Waals surface area contributed by atoms with Crippen molar-refractivity contribution < 1.29 is 39.5 Å². The standard InChI is InChI=1S/C12H10F9N.ClH/c13-10(14,15)4-3-9(22)7-5-6(11(16,17)18)1-2-8(7)12(19,20)21;/h1-2,5,9H,3-4,22H2;1H/t9-;/m1./s1. The molecule has 2 N–H and O–H groups in total. The number of hydrogen-bond acceptors (Lipinski definition) is 1. The Morgan fingerprint density at radius 1 is 0.870 bits per heavy atom. The maximum Gasteiger partial charge on any atom is 0.416 e. The number of benzene rings is 1. The third-order valence-corrected chi connectivity index (χ3v) is 2.82. The van der Waals surface area contributed by atoms with Crippen LogP contribution in [0.25, 0.3) is 0 Å². The maximum atomic E-state index is 12.8. The number of alkyl halides is 9. The van der Waals surface area contributed by atoms with E-state index >= 15 is 0 Å². The zero-order valence-corrected chi connectivity index (χ0v) is 11.9. The minimum Gasteiger partial charge on any atom is -0.324 e. The van der Waals surface area contributed by atoms with Gasteiger partial charge in [0.2, 0.25) is 0 Å². The second kappa shape index (κ2) is 7.16. The van der Waals surface area contributed by atoms with Crippen LogP contribution in [0.5, 0.6) is 0 Å². The number of nitrogens with two attached hydrogens (primary N) is 1. The Bertz CT molecular complexity index is 519. The summed E-state index contributed by atoms with van der Waals surface area (Å²) in [6, 6.07) is -1.29. The van der Waals surface area contributed by atoms with Crippen LogP contribution in [-0.4, -0.2) is 6.18 Å². The molecule has 1 aromatic rings. The highest BCUT2D eigenvalue weighted by molar-refractivity contribution is 5.85. The Morgan fingerprint density at radius 2 is 1.39 bits per heavy atom. The molecule has 0 bridgehead atoms. The molecule has 1 aromatic carbocycles. The van der Waals surface area contributed by atoms with Gasteiger partial charge in [0.25, 0.3) is 0 Å². The van der Waals surface area contributed by atoms with Gasteiger partial charge in [0.1, 0.15) is 0 Å². The summed E-state index contributed by atoms with van der Waals surface area (Å²) >= 11 is 0. The molecule has 1 nitrogen and oxygen atoms in total. The lowest BCUT2D eigenvalue weighted by Gasteiger charge is -2.20. The van der Waals surface area contributed by atoms with Crippen molar-refractivity contribution in [2.75, 3.05) is 0 Å². The molecule has 0 aliphatic rings.